The number of phenolic OH excluding ortho intramolecular Hbond substituents is 1. The number of carbonyl (C=O) groups excluding carboxylic acids is 2. The summed E-state index contributed by atoms with van der Waals surface area (Å²) in [5.74, 6) is -1.48. The number of carbonyl (C=O) groups is 2. The van der Waals surface area contributed by atoms with Gasteiger partial charge >= 0.3 is 11.8 Å². The summed E-state index contributed by atoms with van der Waals surface area (Å²) >= 11 is 1.25. The molecule has 0 aliphatic rings. The van der Waals surface area contributed by atoms with Crippen LogP contribution in [-0.4, -0.2) is 21.9 Å². The number of benzene rings is 2. The molecule has 0 bridgehead atoms. The zero-order chi connectivity index (χ0) is 16.4. The van der Waals surface area contributed by atoms with Gasteiger partial charge in [-0.2, -0.15) is 0 Å². The summed E-state index contributed by atoms with van der Waals surface area (Å²) in [6.07, 6.45) is 0. The fourth-order valence-corrected chi connectivity index (χ4v) is 2.83. The highest BCUT2D eigenvalue weighted by molar-refractivity contribution is 7.14. The lowest BCUT2D eigenvalue weighted by Gasteiger charge is -2.09. The van der Waals surface area contributed by atoms with Crippen LogP contribution in [0.3, 0.4) is 0 Å². The van der Waals surface area contributed by atoms with E-state index in [-0.39, 0.29) is 5.75 Å². The van der Waals surface area contributed by atoms with Crippen molar-refractivity contribution in [1.82, 2.24) is 4.98 Å². The maximum Gasteiger partial charge on any atom is 0.315 e. The monoisotopic (exact) mass is 327 g/mol. The molecule has 0 unspecified atom stereocenters. The van der Waals surface area contributed by atoms with Crippen molar-refractivity contribution < 1.29 is 14.7 Å². The normalized spacial score (nSPS) is 10.5. The van der Waals surface area contributed by atoms with Gasteiger partial charge in [-0.25, -0.2) is 4.98 Å². The van der Waals surface area contributed by atoms with E-state index in [1.807, 2.05) is 0 Å². The SMILES string of the molecule is Cc1csc(NC(=O)C(=O)Nc2cccc3c(O)cccc23)n1. The Balaban J connectivity index is 1.80. The van der Waals surface area contributed by atoms with Crippen molar-refractivity contribution >= 4 is 44.7 Å². The quantitative estimate of drug-likeness (QED) is 0.631. The third-order valence-corrected chi connectivity index (χ3v) is 4.07. The summed E-state index contributed by atoms with van der Waals surface area (Å²) in [5.41, 5.74) is 1.23. The van der Waals surface area contributed by atoms with E-state index in [4.69, 9.17) is 0 Å². The van der Waals surface area contributed by atoms with Gasteiger partial charge in [-0.05, 0) is 19.1 Å². The van der Waals surface area contributed by atoms with Gasteiger partial charge in [0.2, 0.25) is 0 Å². The van der Waals surface area contributed by atoms with Gasteiger partial charge in [0, 0.05) is 21.8 Å². The lowest BCUT2D eigenvalue weighted by Crippen LogP contribution is -2.29. The summed E-state index contributed by atoms with van der Waals surface area (Å²) in [5, 5.41) is 18.2. The van der Waals surface area contributed by atoms with Crippen LogP contribution < -0.4 is 10.6 Å². The molecule has 0 saturated carbocycles. The number of aryl methyl sites for hydroxylation is 1. The molecule has 116 valence electrons. The Hall–Kier alpha value is -2.93. The molecule has 3 rings (SSSR count). The average molecular weight is 327 g/mol. The van der Waals surface area contributed by atoms with Gasteiger partial charge < -0.3 is 10.4 Å². The number of thiazole rings is 1. The van der Waals surface area contributed by atoms with Gasteiger partial charge in [-0.1, -0.05) is 24.3 Å². The first-order valence-electron chi connectivity index (χ1n) is 6.80. The largest absolute Gasteiger partial charge is 0.507 e. The smallest absolute Gasteiger partial charge is 0.315 e. The number of amides is 2. The van der Waals surface area contributed by atoms with Crippen LogP contribution in [0.2, 0.25) is 0 Å². The third kappa shape index (κ3) is 3.14. The van der Waals surface area contributed by atoms with E-state index >= 15 is 0 Å². The van der Waals surface area contributed by atoms with Crippen LogP contribution in [-0.2, 0) is 9.59 Å². The van der Waals surface area contributed by atoms with Crippen LogP contribution in [0.5, 0.6) is 5.75 Å². The molecule has 23 heavy (non-hydrogen) atoms. The van der Waals surface area contributed by atoms with Crippen LogP contribution in [0.25, 0.3) is 10.8 Å². The third-order valence-electron chi connectivity index (χ3n) is 3.19. The second-order valence-corrected chi connectivity index (χ2v) is 5.74. The molecule has 2 amide bonds. The molecular weight excluding hydrogens is 314 g/mol. The van der Waals surface area contributed by atoms with Crippen molar-refractivity contribution in [2.24, 2.45) is 0 Å². The van der Waals surface area contributed by atoms with Gasteiger partial charge in [0.05, 0.1) is 5.69 Å². The van der Waals surface area contributed by atoms with Crippen molar-refractivity contribution in [2.75, 3.05) is 10.6 Å². The molecule has 0 saturated heterocycles. The summed E-state index contributed by atoms with van der Waals surface area (Å²) in [7, 11) is 0. The standard InChI is InChI=1S/C16H13N3O3S/c1-9-8-23-16(17-9)19-15(22)14(21)18-12-6-2-5-11-10(12)4-3-7-13(11)20/h2-8,20H,1H3,(H,18,21)(H,17,19,22). The molecule has 7 heteroatoms. The minimum absolute atomic E-state index is 0.112. The molecule has 0 spiro atoms. The number of nitrogens with one attached hydrogen (secondary N) is 2. The highest BCUT2D eigenvalue weighted by Crippen LogP contribution is 2.29. The van der Waals surface area contributed by atoms with Gasteiger partial charge in [0.25, 0.3) is 0 Å². The molecule has 3 N–H and O–H groups in total. The van der Waals surface area contributed by atoms with Crippen molar-refractivity contribution in [1.29, 1.82) is 0 Å². The van der Waals surface area contributed by atoms with Crippen LogP contribution in [0.15, 0.2) is 41.8 Å². The van der Waals surface area contributed by atoms with E-state index in [9.17, 15) is 14.7 Å². The predicted molar refractivity (Wildman–Crippen MR) is 89.7 cm³/mol. The number of hydrogen-bond donors (Lipinski definition) is 3. The minimum Gasteiger partial charge on any atom is -0.507 e. The second kappa shape index (κ2) is 6.05. The Kier molecular flexibility index (Phi) is 3.94. The van der Waals surface area contributed by atoms with Crippen LogP contribution in [0.4, 0.5) is 10.8 Å². The average Bonchev–Trinajstić information content (AvgIpc) is 2.93. The minimum atomic E-state index is -0.798. The maximum atomic E-state index is 12.0. The number of nitrogens with zero attached hydrogens (tertiary/aromatic N) is 1. The van der Waals surface area contributed by atoms with Gasteiger partial charge in [-0.15, -0.1) is 11.3 Å². The fourth-order valence-electron chi connectivity index (χ4n) is 2.15. The highest BCUT2D eigenvalue weighted by Gasteiger charge is 2.16. The van der Waals surface area contributed by atoms with Gasteiger partial charge in [0.15, 0.2) is 5.13 Å². The number of anilines is 2. The summed E-state index contributed by atoms with van der Waals surface area (Å²) in [4.78, 5) is 28.0. The first-order valence-corrected chi connectivity index (χ1v) is 7.68. The molecule has 6 nitrogen and oxygen atoms in total. The Morgan fingerprint density at radius 2 is 1.74 bits per heavy atom. The summed E-state index contributed by atoms with van der Waals surface area (Å²) in [6.45, 7) is 1.80. The molecule has 2 aromatic carbocycles. The number of aromatic hydroxyl groups is 1. The first kappa shape index (κ1) is 15.0. The van der Waals surface area contributed by atoms with Gasteiger partial charge in [0.1, 0.15) is 5.75 Å². The lowest BCUT2D eigenvalue weighted by atomic mass is 10.1. The van der Waals surface area contributed by atoms with Crippen LogP contribution in [0.1, 0.15) is 5.69 Å². The summed E-state index contributed by atoms with van der Waals surface area (Å²) < 4.78 is 0. The van der Waals surface area contributed by atoms with Crippen LogP contribution in [0, 0.1) is 6.92 Å². The molecule has 1 aromatic heterocycles. The fraction of sp³-hybridized carbons (Fsp3) is 0.0625. The molecule has 0 aliphatic heterocycles. The predicted octanol–water partition coefficient (Wildman–Crippen LogP) is 2.89. The molecule has 1 heterocycles. The molecule has 0 atom stereocenters. The van der Waals surface area contributed by atoms with E-state index < -0.39 is 11.8 Å². The van der Waals surface area contributed by atoms with Crippen molar-refractivity contribution in [3.05, 3.63) is 47.5 Å². The Bertz CT molecular complexity index is 904. The van der Waals surface area contributed by atoms with E-state index in [1.165, 1.54) is 11.3 Å². The second-order valence-electron chi connectivity index (χ2n) is 4.88. The molecule has 0 fully saturated rings. The zero-order valence-corrected chi connectivity index (χ0v) is 13.0. The lowest BCUT2D eigenvalue weighted by molar-refractivity contribution is -0.132. The zero-order valence-electron chi connectivity index (χ0n) is 12.2. The first-order chi connectivity index (χ1) is 11.0. The van der Waals surface area contributed by atoms with E-state index in [1.54, 1.807) is 48.7 Å². The Morgan fingerprint density at radius 3 is 2.48 bits per heavy atom. The van der Waals surface area contributed by atoms with E-state index in [0.717, 1.165) is 5.69 Å². The molecule has 3 aromatic rings. The van der Waals surface area contributed by atoms with E-state index in [2.05, 4.69) is 15.6 Å². The van der Waals surface area contributed by atoms with Crippen LogP contribution >= 0.6 is 11.3 Å². The number of hydrogen-bond acceptors (Lipinski definition) is 5. The Morgan fingerprint density at radius 1 is 1.04 bits per heavy atom. The number of phenols is 1. The van der Waals surface area contributed by atoms with Gasteiger partial charge in [-0.3, -0.25) is 14.9 Å². The van der Waals surface area contributed by atoms with Crippen molar-refractivity contribution in [3.63, 3.8) is 0 Å². The summed E-state index contributed by atoms with van der Waals surface area (Å²) in [6, 6.07) is 10.1. The highest BCUT2D eigenvalue weighted by atomic mass is 32.1. The molecule has 0 aliphatic carbocycles. The van der Waals surface area contributed by atoms with Crippen molar-refractivity contribution in [3.8, 4) is 5.75 Å². The molecular formula is C16H13N3O3S. The van der Waals surface area contributed by atoms with Crippen molar-refractivity contribution in [2.45, 2.75) is 6.92 Å². The number of rotatable bonds is 2. The topological polar surface area (TPSA) is 91.3 Å². The number of aromatic nitrogens is 1. The number of fused-ring (bicyclic) bond motifs is 1. The van der Waals surface area contributed by atoms with E-state index in [0.29, 0.717) is 21.6 Å². The molecule has 0 radical (unpaired) electrons. The maximum absolute atomic E-state index is 12.0. The Labute approximate surface area is 135 Å².